The van der Waals surface area contributed by atoms with Crippen molar-refractivity contribution in [2.75, 3.05) is 13.7 Å². The Labute approximate surface area is 126 Å². The summed E-state index contributed by atoms with van der Waals surface area (Å²) in [5.41, 5.74) is -0.871. The van der Waals surface area contributed by atoms with Gasteiger partial charge in [-0.05, 0) is 32.0 Å². The van der Waals surface area contributed by atoms with Gasteiger partial charge < -0.3 is 9.64 Å². The minimum Gasteiger partial charge on any atom is -0.482 e. The van der Waals surface area contributed by atoms with Crippen LogP contribution in [0.5, 0.6) is 5.75 Å². The van der Waals surface area contributed by atoms with Crippen molar-refractivity contribution in [3.63, 3.8) is 0 Å². The summed E-state index contributed by atoms with van der Waals surface area (Å²) in [6.07, 6.45) is 0. The Morgan fingerprint density at radius 3 is 2.74 bits per heavy atom. The second-order valence-corrected chi connectivity index (χ2v) is 5.81. The van der Waals surface area contributed by atoms with Crippen LogP contribution in [-0.4, -0.2) is 30.0 Å². The Kier molecular flexibility index (Phi) is 5.21. The summed E-state index contributed by atoms with van der Waals surface area (Å²) in [4.78, 5) is 13.2. The Morgan fingerprint density at radius 1 is 1.58 bits per heavy atom. The summed E-state index contributed by atoms with van der Waals surface area (Å²) >= 11 is 9.26. The van der Waals surface area contributed by atoms with E-state index in [1.54, 1.807) is 39.1 Å². The minimum absolute atomic E-state index is 0.164. The lowest BCUT2D eigenvalue weighted by Gasteiger charge is -2.29. The van der Waals surface area contributed by atoms with Crippen molar-refractivity contribution in [2.24, 2.45) is 0 Å². The van der Waals surface area contributed by atoms with Crippen LogP contribution in [0.1, 0.15) is 13.8 Å². The monoisotopic (exact) mass is 344 g/mol. The lowest BCUT2D eigenvalue weighted by atomic mass is 10.1. The molecule has 0 unspecified atom stereocenters. The third-order valence-corrected chi connectivity index (χ3v) is 3.52. The van der Waals surface area contributed by atoms with Crippen LogP contribution >= 0.6 is 27.5 Å². The van der Waals surface area contributed by atoms with E-state index in [9.17, 15) is 4.79 Å². The van der Waals surface area contributed by atoms with Gasteiger partial charge in [0.15, 0.2) is 6.61 Å². The zero-order valence-electron chi connectivity index (χ0n) is 10.9. The highest BCUT2D eigenvalue weighted by molar-refractivity contribution is 9.10. The van der Waals surface area contributed by atoms with Gasteiger partial charge in [0.05, 0.1) is 11.1 Å². The molecule has 0 aliphatic heterocycles. The van der Waals surface area contributed by atoms with E-state index >= 15 is 0 Å². The summed E-state index contributed by atoms with van der Waals surface area (Å²) < 4.78 is 6.19. The predicted octanol–water partition coefficient (Wildman–Crippen LogP) is 3.24. The van der Waals surface area contributed by atoms with Crippen LogP contribution in [0.15, 0.2) is 22.7 Å². The van der Waals surface area contributed by atoms with Gasteiger partial charge in [-0.3, -0.25) is 4.79 Å². The molecule has 0 spiro atoms. The van der Waals surface area contributed by atoms with Crippen molar-refractivity contribution in [3.8, 4) is 11.8 Å². The number of halogens is 2. The van der Waals surface area contributed by atoms with E-state index in [0.29, 0.717) is 10.8 Å². The molecule has 19 heavy (non-hydrogen) atoms. The number of hydrogen-bond donors (Lipinski definition) is 0. The number of amides is 1. The van der Waals surface area contributed by atoms with E-state index in [1.165, 1.54) is 4.90 Å². The number of likely N-dealkylation sites (N-methyl/N-ethyl adjacent to an activating group) is 1. The maximum Gasteiger partial charge on any atom is 0.261 e. The Hall–Kier alpha value is -1.25. The number of benzene rings is 1. The van der Waals surface area contributed by atoms with Gasteiger partial charge in [-0.1, -0.05) is 27.5 Å². The molecule has 0 aliphatic carbocycles. The molecule has 0 bridgehead atoms. The zero-order valence-corrected chi connectivity index (χ0v) is 13.2. The van der Waals surface area contributed by atoms with Crippen LogP contribution in [-0.2, 0) is 4.79 Å². The zero-order chi connectivity index (χ0) is 14.6. The van der Waals surface area contributed by atoms with E-state index in [1.807, 2.05) is 0 Å². The fraction of sp³-hybridized carbons (Fsp3) is 0.385. The summed E-state index contributed by atoms with van der Waals surface area (Å²) in [6.45, 7) is 3.16. The largest absolute Gasteiger partial charge is 0.482 e. The van der Waals surface area contributed by atoms with Crippen molar-refractivity contribution < 1.29 is 9.53 Å². The molecule has 0 aromatic heterocycles. The van der Waals surface area contributed by atoms with Gasteiger partial charge in [0.2, 0.25) is 0 Å². The first-order chi connectivity index (χ1) is 8.77. The fourth-order valence-corrected chi connectivity index (χ4v) is 1.94. The number of nitriles is 1. The topological polar surface area (TPSA) is 53.3 Å². The second-order valence-electron chi connectivity index (χ2n) is 4.49. The van der Waals surface area contributed by atoms with Crippen LogP contribution in [0.25, 0.3) is 0 Å². The van der Waals surface area contributed by atoms with Gasteiger partial charge in [-0.2, -0.15) is 5.26 Å². The maximum atomic E-state index is 11.9. The fourth-order valence-electron chi connectivity index (χ4n) is 1.22. The number of nitrogens with zero attached hydrogens (tertiary/aromatic N) is 2. The molecule has 1 rings (SSSR count). The van der Waals surface area contributed by atoms with Crippen LogP contribution in [0.4, 0.5) is 0 Å². The first kappa shape index (κ1) is 15.8. The van der Waals surface area contributed by atoms with Gasteiger partial charge >= 0.3 is 0 Å². The molecule has 0 fully saturated rings. The lowest BCUT2D eigenvalue weighted by Crippen LogP contribution is -2.45. The van der Waals surface area contributed by atoms with E-state index in [2.05, 4.69) is 22.0 Å². The molecule has 6 heteroatoms. The molecule has 0 aliphatic rings. The second kappa shape index (κ2) is 6.27. The molecular formula is C13H14BrClN2O2. The molecule has 1 aromatic rings. The highest BCUT2D eigenvalue weighted by Gasteiger charge is 2.27. The Morgan fingerprint density at radius 2 is 2.21 bits per heavy atom. The third-order valence-electron chi connectivity index (χ3n) is 2.73. The van der Waals surface area contributed by atoms with Crippen molar-refractivity contribution >= 4 is 33.4 Å². The Balaban J connectivity index is 2.67. The first-order valence-electron chi connectivity index (χ1n) is 5.53. The number of ether oxygens (including phenoxy) is 1. The molecule has 0 saturated carbocycles. The van der Waals surface area contributed by atoms with Crippen LogP contribution in [0.2, 0.25) is 5.02 Å². The molecule has 1 amide bonds. The summed E-state index contributed by atoms with van der Waals surface area (Å²) in [7, 11) is 1.57. The maximum absolute atomic E-state index is 11.9. The molecule has 102 valence electrons. The summed E-state index contributed by atoms with van der Waals surface area (Å²) in [5, 5.41) is 9.38. The van der Waals surface area contributed by atoms with E-state index in [-0.39, 0.29) is 12.5 Å². The van der Waals surface area contributed by atoms with Gasteiger partial charge in [-0.15, -0.1) is 0 Å². The number of carbonyl (C=O) groups excluding carboxylic acids is 1. The first-order valence-corrected chi connectivity index (χ1v) is 6.71. The normalized spacial score (nSPS) is 10.7. The average Bonchev–Trinajstić information content (AvgIpc) is 2.36. The van der Waals surface area contributed by atoms with Crippen LogP contribution < -0.4 is 4.74 Å². The quantitative estimate of drug-likeness (QED) is 0.842. The molecule has 4 nitrogen and oxygen atoms in total. The highest BCUT2D eigenvalue weighted by Crippen LogP contribution is 2.27. The summed E-state index contributed by atoms with van der Waals surface area (Å²) in [6, 6.07) is 7.19. The summed E-state index contributed by atoms with van der Waals surface area (Å²) in [5.74, 6) is 0.145. The number of rotatable bonds is 4. The lowest BCUT2D eigenvalue weighted by molar-refractivity contribution is -0.135. The standard InChI is InChI=1S/C13H14BrClN2O2/c1-13(2,8-16)17(3)12(18)7-19-11-5-4-9(14)6-10(11)15/h4-6H,7H2,1-3H3. The van der Waals surface area contributed by atoms with Crippen molar-refractivity contribution in [1.29, 1.82) is 5.26 Å². The van der Waals surface area contributed by atoms with Gasteiger partial charge in [-0.25, -0.2) is 0 Å². The third kappa shape index (κ3) is 4.12. The smallest absolute Gasteiger partial charge is 0.261 e. The minimum atomic E-state index is -0.871. The van der Waals surface area contributed by atoms with Crippen molar-refractivity contribution in [3.05, 3.63) is 27.7 Å². The van der Waals surface area contributed by atoms with Crippen molar-refractivity contribution in [1.82, 2.24) is 4.90 Å². The molecule has 1 aromatic carbocycles. The number of hydrogen-bond acceptors (Lipinski definition) is 3. The van der Waals surface area contributed by atoms with Crippen LogP contribution in [0.3, 0.4) is 0 Å². The van der Waals surface area contributed by atoms with E-state index < -0.39 is 5.54 Å². The molecule has 0 atom stereocenters. The SMILES string of the molecule is CN(C(=O)COc1ccc(Br)cc1Cl)C(C)(C)C#N. The Bertz CT molecular complexity index is 526. The van der Waals surface area contributed by atoms with Gasteiger partial charge in [0.1, 0.15) is 11.3 Å². The van der Waals surface area contributed by atoms with E-state index in [4.69, 9.17) is 21.6 Å². The van der Waals surface area contributed by atoms with Crippen LogP contribution in [0, 0.1) is 11.3 Å². The molecule has 0 N–H and O–H groups in total. The average molecular weight is 346 g/mol. The van der Waals surface area contributed by atoms with Gasteiger partial charge in [0, 0.05) is 11.5 Å². The number of carbonyl (C=O) groups is 1. The predicted molar refractivity (Wildman–Crippen MR) is 77.1 cm³/mol. The molecule has 0 radical (unpaired) electrons. The van der Waals surface area contributed by atoms with Crippen molar-refractivity contribution in [2.45, 2.75) is 19.4 Å². The highest BCUT2D eigenvalue weighted by atomic mass is 79.9. The molecular weight excluding hydrogens is 332 g/mol. The van der Waals surface area contributed by atoms with E-state index in [0.717, 1.165) is 4.47 Å². The van der Waals surface area contributed by atoms with Gasteiger partial charge in [0.25, 0.3) is 5.91 Å². The molecule has 0 heterocycles. The molecule has 0 saturated heterocycles.